The number of carbonyl (C=O) groups excluding carboxylic acids is 1. The van der Waals surface area contributed by atoms with Gasteiger partial charge in [-0.1, -0.05) is 68.3 Å². The third-order valence-electron chi connectivity index (χ3n) is 5.96. The van der Waals surface area contributed by atoms with Gasteiger partial charge in [0.15, 0.2) is 5.78 Å². The van der Waals surface area contributed by atoms with Crippen LogP contribution in [0.3, 0.4) is 0 Å². The number of aliphatic hydroxyl groups is 1. The van der Waals surface area contributed by atoms with Gasteiger partial charge in [-0.15, -0.1) is 0 Å². The Bertz CT molecular complexity index is 742. The normalized spacial score (nSPS) is 20.4. The van der Waals surface area contributed by atoms with E-state index < -0.39 is 5.60 Å². The highest BCUT2D eigenvalue weighted by atomic mass is 16.3. The molecule has 1 aliphatic rings. The molecule has 1 N–H and O–H groups in total. The minimum absolute atomic E-state index is 0.247. The van der Waals surface area contributed by atoms with Gasteiger partial charge in [-0.25, -0.2) is 0 Å². The molecule has 144 valence electrons. The molecule has 0 heterocycles. The highest BCUT2D eigenvalue weighted by Gasteiger charge is 2.25. The van der Waals surface area contributed by atoms with Crippen molar-refractivity contribution in [1.29, 1.82) is 0 Å². The van der Waals surface area contributed by atoms with Crippen LogP contribution in [0.4, 0.5) is 0 Å². The molecule has 0 unspecified atom stereocenters. The lowest BCUT2D eigenvalue weighted by Crippen LogP contribution is -2.30. The predicted octanol–water partition coefficient (Wildman–Crippen LogP) is 6.38. The van der Waals surface area contributed by atoms with Gasteiger partial charge in [0.05, 0.1) is 0 Å². The Labute approximate surface area is 163 Å². The lowest BCUT2D eigenvalue weighted by atomic mass is 9.77. The van der Waals surface area contributed by atoms with Gasteiger partial charge in [0.25, 0.3) is 0 Å². The molecular weight excluding hydrogens is 332 g/mol. The maximum absolute atomic E-state index is 12.1. The Morgan fingerprint density at radius 1 is 0.926 bits per heavy atom. The maximum atomic E-state index is 12.1. The molecule has 0 radical (unpaired) electrons. The summed E-state index contributed by atoms with van der Waals surface area (Å²) in [6.07, 6.45) is 8.07. The summed E-state index contributed by atoms with van der Waals surface area (Å²) in [7, 11) is 0. The van der Waals surface area contributed by atoms with Crippen molar-refractivity contribution in [1.82, 2.24) is 0 Å². The zero-order chi connectivity index (χ0) is 19.4. The second-order valence-electron chi connectivity index (χ2n) is 8.59. The van der Waals surface area contributed by atoms with Crippen LogP contribution in [0.5, 0.6) is 0 Å². The van der Waals surface area contributed by atoms with Gasteiger partial charge in [-0.3, -0.25) is 4.79 Å². The molecule has 0 aliphatic heterocycles. The van der Waals surface area contributed by atoms with Crippen LogP contribution in [0.15, 0.2) is 48.5 Å². The second-order valence-corrected chi connectivity index (χ2v) is 8.59. The molecule has 2 aromatic rings. The van der Waals surface area contributed by atoms with E-state index in [1.165, 1.54) is 63.5 Å². The Morgan fingerprint density at radius 3 is 1.93 bits per heavy atom. The summed E-state index contributed by atoms with van der Waals surface area (Å²) in [6, 6.07) is 16.5. The largest absolute Gasteiger partial charge is 0.382 e. The molecule has 1 fully saturated rings. The topological polar surface area (TPSA) is 37.3 Å². The first-order chi connectivity index (χ1) is 12.9. The molecule has 0 spiro atoms. The van der Waals surface area contributed by atoms with Crippen molar-refractivity contribution in [3.05, 3.63) is 59.7 Å². The van der Waals surface area contributed by atoms with E-state index in [9.17, 15) is 9.90 Å². The van der Waals surface area contributed by atoms with E-state index in [0.29, 0.717) is 11.5 Å². The highest BCUT2D eigenvalue weighted by Crippen LogP contribution is 2.38. The SMILES string of the molecule is CCCC1CCC(c2ccc(-c3ccc(C(=O)C(C)(C)O)cc3)cc2)CC1. The van der Waals surface area contributed by atoms with Crippen LogP contribution in [0.2, 0.25) is 0 Å². The van der Waals surface area contributed by atoms with Crippen molar-refractivity contribution in [2.75, 3.05) is 0 Å². The van der Waals surface area contributed by atoms with Crippen LogP contribution < -0.4 is 0 Å². The Balaban J connectivity index is 1.66. The molecule has 27 heavy (non-hydrogen) atoms. The fourth-order valence-electron chi connectivity index (χ4n) is 4.31. The lowest BCUT2D eigenvalue weighted by molar-refractivity contribution is 0.0488. The van der Waals surface area contributed by atoms with Crippen LogP contribution in [-0.2, 0) is 0 Å². The van der Waals surface area contributed by atoms with Gasteiger partial charge in [-0.2, -0.15) is 0 Å². The molecule has 3 rings (SSSR count). The standard InChI is InChI=1S/C25H32O2/c1-4-5-18-6-8-19(9-7-18)20-10-12-21(13-11-20)22-14-16-23(17-15-22)24(26)25(2,3)27/h10-19,27H,4-9H2,1-3H3. The molecule has 0 aromatic heterocycles. The number of hydrogen-bond acceptors (Lipinski definition) is 2. The monoisotopic (exact) mass is 364 g/mol. The van der Waals surface area contributed by atoms with E-state index in [4.69, 9.17) is 0 Å². The van der Waals surface area contributed by atoms with Gasteiger partial charge in [-0.05, 0) is 68.1 Å². The first-order valence-electron chi connectivity index (χ1n) is 10.4. The van der Waals surface area contributed by atoms with Gasteiger partial charge in [0, 0.05) is 5.56 Å². The van der Waals surface area contributed by atoms with Crippen LogP contribution in [0.25, 0.3) is 11.1 Å². The summed E-state index contributed by atoms with van der Waals surface area (Å²) in [5, 5.41) is 9.88. The van der Waals surface area contributed by atoms with Crippen LogP contribution in [0.1, 0.15) is 81.1 Å². The number of carbonyl (C=O) groups is 1. The van der Waals surface area contributed by atoms with E-state index in [0.717, 1.165) is 11.5 Å². The summed E-state index contributed by atoms with van der Waals surface area (Å²) < 4.78 is 0. The van der Waals surface area contributed by atoms with Gasteiger partial charge >= 0.3 is 0 Å². The Hall–Kier alpha value is -1.93. The van der Waals surface area contributed by atoms with Crippen molar-refractivity contribution in [3.8, 4) is 11.1 Å². The minimum Gasteiger partial charge on any atom is -0.382 e. The molecule has 2 aromatic carbocycles. The van der Waals surface area contributed by atoms with Gasteiger partial charge in [0.1, 0.15) is 5.60 Å². The van der Waals surface area contributed by atoms with Crippen molar-refractivity contribution < 1.29 is 9.90 Å². The molecule has 2 nitrogen and oxygen atoms in total. The third kappa shape index (κ3) is 4.87. The number of ketones is 1. The average Bonchev–Trinajstić information content (AvgIpc) is 2.68. The fourth-order valence-corrected chi connectivity index (χ4v) is 4.31. The summed E-state index contributed by atoms with van der Waals surface area (Å²) in [5.74, 6) is 1.40. The lowest BCUT2D eigenvalue weighted by Gasteiger charge is -2.28. The molecule has 0 bridgehead atoms. The van der Waals surface area contributed by atoms with Crippen LogP contribution in [0, 0.1) is 5.92 Å². The minimum atomic E-state index is -1.33. The van der Waals surface area contributed by atoms with E-state index in [1.807, 2.05) is 12.1 Å². The molecule has 2 heteroatoms. The van der Waals surface area contributed by atoms with Crippen molar-refractivity contribution in [2.24, 2.45) is 5.92 Å². The van der Waals surface area contributed by atoms with Gasteiger partial charge in [0.2, 0.25) is 0 Å². The molecule has 1 aliphatic carbocycles. The molecule has 0 amide bonds. The molecular formula is C25H32O2. The zero-order valence-corrected chi connectivity index (χ0v) is 16.9. The van der Waals surface area contributed by atoms with Crippen molar-refractivity contribution in [3.63, 3.8) is 0 Å². The molecule has 1 saturated carbocycles. The maximum Gasteiger partial charge on any atom is 0.193 e. The van der Waals surface area contributed by atoms with E-state index in [2.05, 4.69) is 31.2 Å². The smallest absolute Gasteiger partial charge is 0.193 e. The number of rotatable bonds is 6. The zero-order valence-electron chi connectivity index (χ0n) is 16.9. The van der Waals surface area contributed by atoms with Crippen LogP contribution >= 0.6 is 0 Å². The summed E-state index contributed by atoms with van der Waals surface area (Å²) in [6.45, 7) is 5.34. The van der Waals surface area contributed by atoms with Crippen LogP contribution in [-0.4, -0.2) is 16.5 Å². The predicted molar refractivity (Wildman–Crippen MR) is 112 cm³/mol. The van der Waals surface area contributed by atoms with E-state index >= 15 is 0 Å². The fraction of sp³-hybridized carbons (Fsp3) is 0.480. The third-order valence-corrected chi connectivity index (χ3v) is 5.96. The molecule has 0 atom stereocenters. The quantitative estimate of drug-likeness (QED) is 0.604. The number of hydrogen-bond donors (Lipinski definition) is 1. The Morgan fingerprint density at radius 2 is 1.44 bits per heavy atom. The number of Topliss-reactive ketones (excluding diaryl/α,β-unsaturated/α-hetero) is 1. The van der Waals surface area contributed by atoms with E-state index in [1.54, 1.807) is 12.1 Å². The average molecular weight is 365 g/mol. The van der Waals surface area contributed by atoms with E-state index in [-0.39, 0.29) is 5.78 Å². The summed E-state index contributed by atoms with van der Waals surface area (Å²) in [5.41, 5.74) is 2.94. The van der Waals surface area contributed by atoms with Gasteiger partial charge < -0.3 is 5.11 Å². The summed E-state index contributed by atoms with van der Waals surface area (Å²) >= 11 is 0. The number of benzene rings is 2. The molecule has 0 saturated heterocycles. The van der Waals surface area contributed by atoms with Crippen molar-refractivity contribution >= 4 is 5.78 Å². The second kappa shape index (κ2) is 8.39. The first kappa shape index (κ1) is 19.8. The Kier molecular flexibility index (Phi) is 6.16. The highest BCUT2D eigenvalue weighted by molar-refractivity contribution is 6.02. The first-order valence-corrected chi connectivity index (χ1v) is 10.4. The van der Waals surface area contributed by atoms with Crippen molar-refractivity contribution in [2.45, 2.75) is 70.8 Å². The summed E-state index contributed by atoms with van der Waals surface area (Å²) in [4.78, 5) is 12.1.